The normalized spacial score (nSPS) is 10.7. The fourth-order valence-corrected chi connectivity index (χ4v) is 2.43. The van der Waals surface area contributed by atoms with Crippen LogP contribution >= 0.6 is 0 Å². The van der Waals surface area contributed by atoms with E-state index in [0.717, 1.165) is 0 Å². The zero-order valence-electron chi connectivity index (χ0n) is 12.6. The Hall–Kier alpha value is -3.22. The largest absolute Gasteiger partial charge is 0.328 e. The Morgan fingerprint density at radius 3 is 2.54 bits per heavy atom. The van der Waals surface area contributed by atoms with E-state index in [1.165, 1.54) is 28.8 Å². The van der Waals surface area contributed by atoms with E-state index in [2.05, 4.69) is 10.3 Å². The van der Waals surface area contributed by atoms with Crippen LogP contribution in [-0.4, -0.2) is 15.5 Å². The zero-order chi connectivity index (χ0) is 17.1. The topological polar surface area (TPSA) is 84.0 Å². The van der Waals surface area contributed by atoms with Gasteiger partial charge in [0.05, 0.1) is 10.9 Å². The molecular formula is C17H14FN3O3. The van der Waals surface area contributed by atoms with Crippen LogP contribution in [0.3, 0.4) is 0 Å². The first-order chi connectivity index (χ1) is 11.5. The van der Waals surface area contributed by atoms with Crippen molar-refractivity contribution in [2.45, 2.75) is 13.0 Å². The van der Waals surface area contributed by atoms with Gasteiger partial charge in [0.15, 0.2) is 0 Å². The van der Waals surface area contributed by atoms with Crippen molar-refractivity contribution in [3.05, 3.63) is 75.2 Å². The molecule has 1 amide bonds. The molecule has 0 atom stereocenters. The number of carbonyl (C=O) groups excluding carboxylic acids is 1. The lowest BCUT2D eigenvalue weighted by atomic mass is 10.2. The van der Waals surface area contributed by atoms with Gasteiger partial charge in [-0.15, -0.1) is 0 Å². The average molecular weight is 327 g/mol. The molecule has 2 N–H and O–H groups in total. The third-order valence-corrected chi connectivity index (χ3v) is 3.60. The highest BCUT2D eigenvalue weighted by atomic mass is 19.1. The summed E-state index contributed by atoms with van der Waals surface area (Å²) in [6, 6.07) is 12.1. The van der Waals surface area contributed by atoms with Crippen LogP contribution in [0, 0.1) is 5.82 Å². The minimum absolute atomic E-state index is 0.0350. The summed E-state index contributed by atoms with van der Waals surface area (Å²) in [5.41, 5.74) is -0.0724. The molecule has 3 rings (SSSR count). The summed E-state index contributed by atoms with van der Waals surface area (Å²) in [6.45, 7) is 0.114. The van der Waals surface area contributed by atoms with Gasteiger partial charge >= 0.3 is 5.69 Å². The SMILES string of the molecule is O=C(CCn1c(=O)[nH]c(=O)c2ccccc21)Nc1ccc(F)cc1. The summed E-state index contributed by atoms with van der Waals surface area (Å²) >= 11 is 0. The molecule has 0 aliphatic heterocycles. The first kappa shape index (κ1) is 15.7. The number of nitrogens with one attached hydrogen (secondary N) is 2. The standard InChI is InChI=1S/C17H14FN3O3/c18-11-5-7-12(8-6-11)19-15(22)9-10-21-14-4-2-1-3-13(14)16(23)20-17(21)24/h1-8H,9-10H2,(H,19,22)(H,20,23,24). The monoisotopic (exact) mass is 327 g/mol. The maximum atomic E-state index is 12.8. The lowest BCUT2D eigenvalue weighted by molar-refractivity contribution is -0.116. The van der Waals surface area contributed by atoms with Crippen LogP contribution in [0.25, 0.3) is 10.9 Å². The van der Waals surface area contributed by atoms with Gasteiger partial charge in [-0.2, -0.15) is 0 Å². The molecular weight excluding hydrogens is 313 g/mol. The number of rotatable bonds is 4. The molecule has 6 nitrogen and oxygen atoms in total. The molecule has 0 aliphatic rings. The quantitative estimate of drug-likeness (QED) is 0.767. The lowest BCUT2D eigenvalue weighted by Crippen LogP contribution is -2.31. The number of aromatic nitrogens is 2. The van der Waals surface area contributed by atoms with Gasteiger partial charge in [-0.25, -0.2) is 9.18 Å². The molecule has 24 heavy (non-hydrogen) atoms. The van der Waals surface area contributed by atoms with Crippen LogP contribution in [0.4, 0.5) is 10.1 Å². The predicted molar refractivity (Wildman–Crippen MR) is 88.5 cm³/mol. The first-order valence-electron chi connectivity index (χ1n) is 7.32. The Morgan fingerprint density at radius 2 is 1.79 bits per heavy atom. The smallest absolute Gasteiger partial charge is 0.326 e. The van der Waals surface area contributed by atoms with Crippen molar-refractivity contribution in [1.29, 1.82) is 0 Å². The van der Waals surface area contributed by atoms with E-state index < -0.39 is 11.2 Å². The number of hydrogen-bond acceptors (Lipinski definition) is 3. The van der Waals surface area contributed by atoms with Gasteiger partial charge in [-0.05, 0) is 36.4 Å². The van der Waals surface area contributed by atoms with Gasteiger partial charge in [-0.1, -0.05) is 12.1 Å². The Morgan fingerprint density at radius 1 is 1.08 bits per heavy atom. The highest BCUT2D eigenvalue weighted by Crippen LogP contribution is 2.10. The minimum atomic E-state index is -0.562. The molecule has 3 aromatic rings. The summed E-state index contributed by atoms with van der Waals surface area (Å²) in [7, 11) is 0. The van der Waals surface area contributed by atoms with Crippen LogP contribution in [0.2, 0.25) is 0 Å². The maximum Gasteiger partial charge on any atom is 0.328 e. The first-order valence-corrected chi connectivity index (χ1v) is 7.32. The maximum absolute atomic E-state index is 12.8. The summed E-state index contributed by atoms with van der Waals surface area (Å²) in [4.78, 5) is 38.0. The van der Waals surface area contributed by atoms with Crippen LogP contribution in [0.5, 0.6) is 0 Å². The molecule has 1 aromatic heterocycles. The van der Waals surface area contributed by atoms with E-state index >= 15 is 0 Å². The average Bonchev–Trinajstić information content (AvgIpc) is 2.57. The van der Waals surface area contributed by atoms with Crippen molar-refractivity contribution in [3.63, 3.8) is 0 Å². The fraction of sp³-hybridized carbons (Fsp3) is 0.118. The molecule has 0 saturated carbocycles. The van der Waals surface area contributed by atoms with Gasteiger partial charge in [0.1, 0.15) is 5.82 Å². The van der Waals surface area contributed by atoms with E-state index in [9.17, 15) is 18.8 Å². The van der Waals surface area contributed by atoms with Gasteiger partial charge < -0.3 is 5.32 Å². The molecule has 7 heteroatoms. The third kappa shape index (κ3) is 3.24. The summed E-state index contributed by atoms with van der Waals surface area (Å²) in [5.74, 6) is -0.706. The second-order valence-electron chi connectivity index (χ2n) is 5.23. The molecule has 0 saturated heterocycles. The van der Waals surface area contributed by atoms with E-state index in [-0.39, 0.29) is 24.7 Å². The van der Waals surface area contributed by atoms with Crippen LogP contribution < -0.4 is 16.6 Å². The second kappa shape index (κ2) is 6.49. The molecule has 0 unspecified atom stereocenters. The Bertz CT molecular complexity index is 1010. The predicted octanol–water partition coefficient (Wildman–Crippen LogP) is 1.86. The number of hydrogen-bond donors (Lipinski definition) is 2. The molecule has 2 aromatic carbocycles. The van der Waals surface area contributed by atoms with E-state index in [0.29, 0.717) is 16.6 Å². The Labute approximate surface area is 135 Å². The number of amides is 1. The Kier molecular flexibility index (Phi) is 4.24. The summed E-state index contributed by atoms with van der Waals surface area (Å²) in [6.07, 6.45) is 0.0350. The molecule has 0 bridgehead atoms. The van der Waals surface area contributed by atoms with E-state index in [4.69, 9.17) is 0 Å². The number of para-hydroxylation sites is 1. The van der Waals surface area contributed by atoms with Gasteiger partial charge in [0.2, 0.25) is 5.91 Å². The number of carbonyl (C=O) groups is 1. The zero-order valence-corrected chi connectivity index (χ0v) is 12.6. The van der Waals surface area contributed by atoms with Gasteiger partial charge in [0, 0.05) is 18.7 Å². The van der Waals surface area contributed by atoms with Crippen molar-refractivity contribution >= 4 is 22.5 Å². The third-order valence-electron chi connectivity index (χ3n) is 3.60. The molecule has 1 heterocycles. The highest BCUT2D eigenvalue weighted by molar-refractivity contribution is 5.90. The van der Waals surface area contributed by atoms with Gasteiger partial charge in [0.25, 0.3) is 5.56 Å². The summed E-state index contributed by atoms with van der Waals surface area (Å²) < 4.78 is 14.2. The van der Waals surface area contributed by atoms with Crippen LogP contribution in [0.15, 0.2) is 58.1 Å². The van der Waals surface area contributed by atoms with Crippen LogP contribution in [0.1, 0.15) is 6.42 Å². The number of benzene rings is 2. The van der Waals surface area contributed by atoms with Crippen molar-refractivity contribution in [2.24, 2.45) is 0 Å². The number of halogens is 1. The van der Waals surface area contributed by atoms with Crippen molar-refractivity contribution < 1.29 is 9.18 Å². The number of fused-ring (bicyclic) bond motifs is 1. The Balaban J connectivity index is 1.78. The number of nitrogens with zero attached hydrogens (tertiary/aromatic N) is 1. The highest BCUT2D eigenvalue weighted by Gasteiger charge is 2.09. The molecule has 122 valence electrons. The fourth-order valence-electron chi connectivity index (χ4n) is 2.43. The van der Waals surface area contributed by atoms with E-state index in [1.807, 2.05) is 0 Å². The van der Waals surface area contributed by atoms with E-state index in [1.54, 1.807) is 24.3 Å². The number of H-pyrrole nitrogens is 1. The summed E-state index contributed by atoms with van der Waals surface area (Å²) in [5, 5.41) is 3.01. The molecule has 0 aliphatic carbocycles. The second-order valence-corrected chi connectivity index (χ2v) is 5.23. The number of aromatic amines is 1. The minimum Gasteiger partial charge on any atom is -0.326 e. The molecule has 0 radical (unpaired) electrons. The molecule has 0 fully saturated rings. The lowest BCUT2D eigenvalue weighted by Gasteiger charge is -2.09. The number of aryl methyl sites for hydroxylation is 1. The van der Waals surface area contributed by atoms with Crippen LogP contribution in [-0.2, 0) is 11.3 Å². The molecule has 0 spiro atoms. The van der Waals surface area contributed by atoms with Gasteiger partial charge in [-0.3, -0.25) is 19.1 Å². The van der Waals surface area contributed by atoms with Crippen molar-refractivity contribution in [1.82, 2.24) is 9.55 Å². The number of anilines is 1. The van der Waals surface area contributed by atoms with Crippen molar-refractivity contribution in [3.8, 4) is 0 Å². The van der Waals surface area contributed by atoms with Crippen molar-refractivity contribution in [2.75, 3.05) is 5.32 Å².